The topological polar surface area (TPSA) is 40.5 Å². The van der Waals surface area contributed by atoms with Crippen molar-refractivity contribution in [3.63, 3.8) is 0 Å². The van der Waals surface area contributed by atoms with Crippen molar-refractivity contribution in [1.82, 2.24) is 0 Å². The molecule has 0 fully saturated rings. The van der Waals surface area contributed by atoms with Crippen LogP contribution in [-0.4, -0.2) is 23.7 Å². The number of halogens is 1. The number of carbonyl (C=O) groups is 1. The summed E-state index contributed by atoms with van der Waals surface area (Å²) in [6, 6.07) is 5.80. The van der Waals surface area contributed by atoms with Gasteiger partial charge in [-0.1, -0.05) is 36.2 Å². The molecule has 106 valence electrons. The summed E-state index contributed by atoms with van der Waals surface area (Å²) in [7, 11) is 0. The summed E-state index contributed by atoms with van der Waals surface area (Å²) in [6.45, 7) is 7.45. The number of aromatic carboxylic acids is 1. The van der Waals surface area contributed by atoms with Crippen LogP contribution < -0.4 is 4.90 Å². The SMILES string of the molecule is CCCCN(c1cc(Br)cc(C(=O)O)c1)C(C)CC. The monoisotopic (exact) mass is 327 g/mol. The Morgan fingerprint density at radius 2 is 2.05 bits per heavy atom. The molecule has 0 bridgehead atoms. The lowest BCUT2D eigenvalue weighted by atomic mass is 10.1. The van der Waals surface area contributed by atoms with Crippen LogP contribution in [0.2, 0.25) is 0 Å². The molecule has 0 aliphatic rings. The van der Waals surface area contributed by atoms with Crippen LogP contribution in [-0.2, 0) is 0 Å². The summed E-state index contributed by atoms with van der Waals surface area (Å²) >= 11 is 3.40. The summed E-state index contributed by atoms with van der Waals surface area (Å²) in [6.07, 6.45) is 3.28. The number of hydrogen-bond donors (Lipinski definition) is 1. The first-order chi connectivity index (χ1) is 8.99. The van der Waals surface area contributed by atoms with Crippen LogP contribution >= 0.6 is 15.9 Å². The van der Waals surface area contributed by atoms with Crippen LogP contribution in [0.1, 0.15) is 50.4 Å². The molecule has 1 unspecified atom stereocenters. The third-order valence-electron chi connectivity index (χ3n) is 3.34. The van der Waals surface area contributed by atoms with Crippen LogP contribution in [0.4, 0.5) is 5.69 Å². The smallest absolute Gasteiger partial charge is 0.335 e. The lowest BCUT2D eigenvalue weighted by Crippen LogP contribution is -2.33. The number of nitrogens with zero attached hydrogens (tertiary/aromatic N) is 1. The molecule has 1 aromatic carbocycles. The second kappa shape index (κ2) is 7.53. The van der Waals surface area contributed by atoms with Crippen LogP contribution in [0.25, 0.3) is 0 Å². The molecule has 19 heavy (non-hydrogen) atoms. The number of rotatable bonds is 7. The van der Waals surface area contributed by atoms with Crippen LogP contribution in [0.5, 0.6) is 0 Å². The highest BCUT2D eigenvalue weighted by Crippen LogP contribution is 2.25. The fraction of sp³-hybridized carbons (Fsp3) is 0.533. The van der Waals surface area contributed by atoms with E-state index in [0.29, 0.717) is 11.6 Å². The molecule has 0 saturated heterocycles. The molecule has 0 radical (unpaired) electrons. The minimum absolute atomic E-state index is 0.328. The van der Waals surface area contributed by atoms with Crippen molar-refractivity contribution >= 4 is 27.6 Å². The van der Waals surface area contributed by atoms with Gasteiger partial charge in [-0.15, -0.1) is 0 Å². The van der Waals surface area contributed by atoms with Crippen molar-refractivity contribution in [3.8, 4) is 0 Å². The second-order valence-corrected chi connectivity index (χ2v) is 5.72. The maximum atomic E-state index is 11.1. The Labute approximate surface area is 123 Å². The van der Waals surface area contributed by atoms with E-state index in [2.05, 4.69) is 41.6 Å². The molecule has 3 nitrogen and oxygen atoms in total. The van der Waals surface area contributed by atoms with E-state index >= 15 is 0 Å². The first kappa shape index (κ1) is 16.0. The van der Waals surface area contributed by atoms with Crippen LogP contribution in [0, 0.1) is 0 Å². The van der Waals surface area contributed by atoms with Crippen molar-refractivity contribution in [2.24, 2.45) is 0 Å². The molecule has 1 aromatic rings. The van der Waals surface area contributed by atoms with Gasteiger partial charge in [-0.25, -0.2) is 4.79 Å². The predicted molar refractivity (Wildman–Crippen MR) is 83.1 cm³/mol. The van der Waals surface area contributed by atoms with Gasteiger partial charge in [-0.05, 0) is 38.0 Å². The standard InChI is InChI=1S/C15H22BrNO2/c1-4-6-7-17(11(3)5-2)14-9-12(15(18)19)8-13(16)10-14/h8-11H,4-7H2,1-3H3,(H,18,19). The lowest BCUT2D eigenvalue weighted by Gasteiger charge is -2.31. The van der Waals surface area contributed by atoms with E-state index in [1.807, 2.05) is 6.07 Å². The zero-order valence-electron chi connectivity index (χ0n) is 11.8. The molecule has 0 saturated carbocycles. The predicted octanol–water partition coefficient (Wildman–Crippen LogP) is 4.55. The molecular weight excluding hydrogens is 306 g/mol. The van der Waals surface area contributed by atoms with E-state index in [4.69, 9.17) is 5.11 Å². The van der Waals surface area contributed by atoms with Crippen molar-refractivity contribution < 1.29 is 9.90 Å². The molecule has 0 spiro atoms. The van der Waals surface area contributed by atoms with Gasteiger partial charge >= 0.3 is 5.97 Å². The average molecular weight is 328 g/mol. The molecule has 0 aliphatic heterocycles. The summed E-state index contributed by atoms with van der Waals surface area (Å²) in [4.78, 5) is 13.4. The lowest BCUT2D eigenvalue weighted by molar-refractivity contribution is 0.0697. The Balaban J connectivity index is 3.10. The second-order valence-electron chi connectivity index (χ2n) is 4.81. The Morgan fingerprint density at radius 1 is 1.37 bits per heavy atom. The number of hydrogen-bond acceptors (Lipinski definition) is 2. The molecule has 4 heteroatoms. The largest absolute Gasteiger partial charge is 0.478 e. The molecule has 1 rings (SSSR count). The Morgan fingerprint density at radius 3 is 2.58 bits per heavy atom. The number of carboxylic acids is 1. The van der Waals surface area contributed by atoms with Crippen molar-refractivity contribution in [3.05, 3.63) is 28.2 Å². The van der Waals surface area contributed by atoms with Gasteiger partial charge in [-0.2, -0.15) is 0 Å². The number of anilines is 1. The molecule has 0 aliphatic carbocycles. The van der Waals surface area contributed by atoms with E-state index < -0.39 is 5.97 Å². The minimum atomic E-state index is -0.887. The highest BCUT2D eigenvalue weighted by molar-refractivity contribution is 9.10. The van der Waals surface area contributed by atoms with Gasteiger partial charge in [0, 0.05) is 22.7 Å². The van der Waals surface area contributed by atoms with E-state index in [1.165, 1.54) is 0 Å². The highest BCUT2D eigenvalue weighted by Gasteiger charge is 2.15. The molecular formula is C15H22BrNO2. The van der Waals surface area contributed by atoms with Crippen molar-refractivity contribution in [2.45, 2.75) is 46.1 Å². The quantitative estimate of drug-likeness (QED) is 0.798. The Kier molecular flexibility index (Phi) is 6.35. The van der Waals surface area contributed by atoms with Crippen LogP contribution in [0.3, 0.4) is 0 Å². The number of benzene rings is 1. The number of carboxylic acid groups (broad SMARTS) is 1. The zero-order valence-corrected chi connectivity index (χ0v) is 13.4. The van der Waals surface area contributed by atoms with E-state index in [1.54, 1.807) is 12.1 Å². The van der Waals surface area contributed by atoms with Gasteiger partial charge in [-0.3, -0.25) is 0 Å². The van der Waals surface area contributed by atoms with Crippen LogP contribution in [0.15, 0.2) is 22.7 Å². The van der Waals surface area contributed by atoms with Gasteiger partial charge in [0.2, 0.25) is 0 Å². The van der Waals surface area contributed by atoms with Gasteiger partial charge in [0.05, 0.1) is 5.56 Å². The van der Waals surface area contributed by atoms with Gasteiger partial charge in [0.1, 0.15) is 0 Å². The minimum Gasteiger partial charge on any atom is -0.478 e. The van der Waals surface area contributed by atoms with E-state index in [9.17, 15) is 4.79 Å². The van der Waals surface area contributed by atoms with E-state index in [-0.39, 0.29) is 0 Å². The summed E-state index contributed by atoms with van der Waals surface area (Å²) in [5.41, 5.74) is 1.31. The normalized spacial score (nSPS) is 12.2. The molecule has 0 amide bonds. The summed E-state index contributed by atoms with van der Waals surface area (Å²) in [5.74, 6) is -0.887. The fourth-order valence-electron chi connectivity index (χ4n) is 2.02. The first-order valence-electron chi connectivity index (χ1n) is 6.80. The first-order valence-corrected chi connectivity index (χ1v) is 7.59. The van der Waals surface area contributed by atoms with Gasteiger partial charge in [0.25, 0.3) is 0 Å². The number of unbranched alkanes of at least 4 members (excludes halogenated alkanes) is 1. The fourth-order valence-corrected chi connectivity index (χ4v) is 2.50. The summed E-state index contributed by atoms with van der Waals surface area (Å²) in [5, 5.41) is 9.15. The maximum Gasteiger partial charge on any atom is 0.335 e. The zero-order chi connectivity index (χ0) is 14.4. The summed E-state index contributed by atoms with van der Waals surface area (Å²) < 4.78 is 0.812. The van der Waals surface area contributed by atoms with Crippen molar-refractivity contribution in [2.75, 3.05) is 11.4 Å². The van der Waals surface area contributed by atoms with Gasteiger partial charge < -0.3 is 10.0 Å². The Bertz CT molecular complexity index is 434. The third-order valence-corrected chi connectivity index (χ3v) is 3.79. The molecule has 0 heterocycles. The molecule has 1 atom stereocenters. The third kappa shape index (κ3) is 4.53. The van der Waals surface area contributed by atoms with E-state index in [0.717, 1.165) is 36.0 Å². The molecule has 1 N–H and O–H groups in total. The Hall–Kier alpha value is -1.03. The average Bonchev–Trinajstić information content (AvgIpc) is 2.38. The molecule has 0 aromatic heterocycles. The van der Waals surface area contributed by atoms with Crippen molar-refractivity contribution in [1.29, 1.82) is 0 Å². The van der Waals surface area contributed by atoms with Gasteiger partial charge in [0.15, 0.2) is 0 Å². The highest BCUT2D eigenvalue weighted by atomic mass is 79.9. The maximum absolute atomic E-state index is 11.1.